The highest BCUT2D eigenvalue weighted by Gasteiger charge is 2.41. The third kappa shape index (κ3) is 2.77. The van der Waals surface area contributed by atoms with Crippen LogP contribution in [0.5, 0.6) is 17.2 Å². The largest absolute Gasteiger partial charge is 0.507 e. The van der Waals surface area contributed by atoms with E-state index in [1.807, 2.05) is 30.3 Å². The molecule has 0 aromatic heterocycles. The van der Waals surface area contributed by atoms with E-state index in [2.05, 4.69) is 24.9 Å². The number of para-hydroxylation sites is 2. The lowest BCUT2D eigenvalue weighted by molar-refractivity contribution is -0.0308. The van der Waals surface area contributed by atoms with Crippen LogP contribution < -0.4 is 9.47 Å². The van der Waals surface area contributed by atoms with E-state index >= 15 is 0 Å². The highest BCUT2D eigenvalue weighted by atomic mass is 16.5. The average molecular weight is 352 g/mol. The zero-order chi connectivity index (χ0) is 18.3. The number of ether oxygens (including phenoxy) is 2. The Hall–Kier alpha value is -2.69. The van der Waals surface area contributed by atoms with Crippen molar-refractivity contribution in [2.75, 3.05) is 7.11 Å². The minimum absolute atomic E-state index is 0.0900. The van der Waals surface area contributed by atoms with Crippen molar-refractivity contribution in [3.05, 3.63) is 53.6 Å². The van der Waals surface area contributed by atoms with E-state index in [1.165, 1.54) is 0 Å². The molecule has 2 heterocycles. The lowest BCUT2D eigenvalue weighted by Crippen LogP contribution is -2.41. The highest BCUT2D eigenvalue weighted by molar-refractivity contribution is 6.04. The van der Waals surface area contributed by atoms with Gasteiger partial charge >= 0.3 is 0 Å². The molecule has 0 bridgehead atoms. The Morgan fingerprint density at radius 3 is 2.77 bits per heavy atom. The molecule has 2 atom stereocenters. The molecule has 0 spiro atoms. The Kier molecular flexibility index (Phi) is 4.23. The van der Waals surface area contributed by atoms with Gasteiger partial charge in [0.1, 0.15) is 5.75 Å². The number of nitrogens with zero attached hydrogens (tertiary/aromatic N) is 2. The number of hydrogen-bond acceptors (Lipinski definition) is 5. The molecule has 2 aliphatic rings. The maximum atomic E-state index is 10.2. The summed E-state index contributed by atoms with van der Waals surface area (Å²) in [5.74, 6) is 2.31. The van der Waals surface area contributed by atoms with E-state index in [1.54, 1.807) is 13.2 Å². The van der Waals surface area contributed by atoms with Crippen LogP contribution in [0.4, 0.5) is 0 Å². The van der Waals surface area contributed by atoms with Crippen LogP contribution in [-0.2, 0) is 0 Å². The summed E-state index contributed by atoms with van der Waals surface area (Å²) in [4.78, 5) is 0. The minimum Gasteiger partial charge on any atom is -0.507 e. The van der Waals surface area contributed by atoms with Crippen LogP contribution in [0.15, 0.2) is 47.6 Å². The van der Waals surface area contributed by atoms with E-state index in [0.717, 1.165) is 41.2 Å². The van der Waals surface area contributed by atoms with Gasteiger partial charge in [0.2, 0.25) is 0 Å². The van der Waals surface area contributed by atoms with Crippen LogP contribution in [0.25, 0.3) is 0 Å². The molecule has 0 fully saturated rings. The molecule has 5 heteroatoms. The predicted molar refractivity (Wildman–Crippen MR) is 101 cm³/mol. The Morgan fingerprint density at radius 2 is 2.04 bits per heavy atom. The summed E-state index contributed by atoms with van der Waals surface area (Å²) in [5, 5.41) is 17.2. The molecule has 1 N–H and O–H groups in total. The lowest BCUT2D eigenvalue weighted by atomic mass is 9.95. The SMILES string of the molecule is COc1cccc2c1O[C@H](CC(C)C)N1N=C(c3ccccc3O)C[C@@H]21. The topological polar surface area (TPSA) is 54.3 Å². The number of phenols is 1. The van der Waals surface area contributed by atoms with Gasteiger partial charge < -0.3 is 14.6 Å². The second-order valence-corrected chi connectivity index (χ2v) is 7.24. The van der Waals surface area contributed by atoms with Crippen LogP contribution >= 0.6 is 0 Å². The number of fused-ring (bicyclic) bond motifs is 3. The summed E-state index contributed by atoms with van der Waals surface area (Å²) >= 11 is 0. The Morgan fingerprint density at radius 1 is 1.23 bits per heavy atom. The van der Waals surface area contributed by atoms with Gasteiger partial charge in [0, 0.05) is 24.0 Å². The Bertz CT molecular complexity index is 847. The molecule has 26 heavy (non-hydrogen) atoms. The highest BCUT2D eigenvalue weighted by Crippen LogP contribution is 2.48. The molecule has 2 aliphatic heterocycles. The summed E-state index contributed by atoms with van der Waals surface area (Å²) in [6, 6.07) is 13.4. The number of aromatic hydroxyl groups is 1. The van der Waals surface area contributed by atoms with E-state index in [0.29, 0.717) is 5.92 Å². The average Bonchev–Trinajstić information content (AvgIpc) is 3.07. The van der Waals surface area contributed by atoms with Crippen LogP contribution in [0.3, 0.4) is 0 Å². The number of rotatable bonds is 4. The third-order valence-electron chi connectivity index (χ3n) is 4.97. The maximum absolute atomic E-state index is 10.2. The van der Waals surface area contributed by atoms with Gasteiger partial charge in [-0.3, -0.25) is 5.01 Å². The first-order valence-electron chi connectivity index (χ1n) is 9.06. The van der Waals surface area contributed by atoms with Crippen molar-refractivity contribution in [3.63, 3.8) is 0 Å². The maximum Gasteiger partial charge on any atom is 0.188 e. The molecule has 2 aromatic carbocycles. The molecule has 2 aromatic rings. The van der Waals surface area contributed by atoms with E-state index in [9.17, 15) is 5.11 Å². The summed E-state index contributed by atoms with van der Waals surface area (Å²) < 4.78 is 11.8. The van der Waals surface area contributed by atoms with Crippen LogP contribution in [-0.4, -0.2) is 29.2 Å². The van der Waals surface area contributed by atoms with Crippen molar-refractivity contribution in [1.82, 2.24) is 5.01 Å². The van der Waals surface area contributed by atoms with Gasteiger partial charge in [-0.15, -0.1) is 0 Å². The van der Waals surface area contributed by atoms with Crippen molar-refractivity contribution < 1.29 is 14.6 Å². The predicted octanol–water partition coefficient (Wildman–Crippen LogP) is 4.32. The van der Waals surface area contributed by atoms with Gasteiger partial charge in [0.25, 0.3) is 0 Å². The summed E-state index contributed by atoms with van der Waals surface area (Å²) in [6.07, 6.45) is 1.45. The summed E-state index contributed by atoms with van der Waals surface area (Å²) in [5.41, 5.74) is 2.76. The van der Waals surface area contributed by atoms with E-state index in [-0.39, 0.29) is 18.0 Å². The van der Waals surface area contributed by atoms with Crippen molar-refractivity contribution >= 4 is 5.71 Å². The zero-order valence-electron chi connectivity index (χ0n) is 15.3. The normalized spacial score (nSPS) is 21.1. The quantitative estimate of drug-likeness (QED) is 0.890. The molecule has 0 aliphatic carbocycles. The fraction of sp³-hybridized carbons (Fsp3) is 0.381. The van der Waals surface area contributed by atoms with E-state index < -0.39 is 0 Å². The zero-order valence-corrected chi connectivity index (χ0v) is 15.3. The standard InChI is InChI=1S/C21H24N2O3/c1-13(2)11-20-23-17(15-8-6-10-19(25-3)21(15)26-20)12-16(22-23)14-7-4-5-9-18(14)24/h4-10,13,17,20,24H,11-12H2,1-3H3/t17-,20+/m0/s1. The molecular weight excluding hydrogens is 328 g/mol. The van der Waals surface area contributed by atoms with Gasteiger partial charge in [0.05, 0.1) is 18.9 Å². The lowest BCUT2D eigenvalue weighted by Gasteiger charge is -2.39. The molecular formula is C21H24N2O3. The fourth-order valence-electron chi connectivity index (χ4n) is 3.76. The second kappa shape index (κ2) is 6.56. The number of phenolic OH excluding ortho intramolecular Hbond substituents is 1. The molecule has 5 nitrogen and oxygen atoms in total. The van der Waals surface area contributed by atoms with Crippen molar-refractivity contribution in [2.45, 2.75) is 39.0 Å². The molecule has 0 amide bonds. The molecule has 0 saturated carbocycles. The summed E-state index contributed by atoms with van der Waals surface area (Å²) in [6.45, 7) is 4.36. The van der Waals surface area contributed by atoms with Crippen molar-refractivity contribution in [1.29, 1.82) is 0 Å². The molecule has 4 rings (SSSR count). The minimum atomic E-state index is -0.146. The number of hydrazone groups is 1. The second-order valence-electron chi connectivity index (χ2n) is 7.24. The van der Waals surface area contributed by atoms with Gasteiger partial charge in [0.15, 0.2) is 17.7 Å². The van der Waals surface area contributed by atoms with Crippen molar-refractivity contribution in [2.24, 2.45) is 11.0 Å². The number of hydrogen-bond donors (Lipinski definition) is 1. The first-order chi connectivity index (χ1) is 12.6. The summed E-state index contributed by atoms with van der Waals surface area (Å²) in [7, 11) is 1.67. The van der Waals surface area contributed by atoms with Gasteiger partial charge in [-0.2, -0.15) is 5.10 Å². The molecule has 0 saturated heterocycles. The van der Waals surface area contributed by atoms with Gasteiger partial charge in [-0.1, -0.05) is 38.1 Å². The van der Waals surface area contributed by atoms with Crippen LogP contribution in [0.2, 0.25) is 0 Å². The first kappa shape index (κ1) is 16.8. The first-order valence-corrected chi connectivity index (χ1v) is 9.06. The Labute approximate surface area is 153 Å². The fourth-order valence-corrected chi connectivity index (χ4v) is 3.76. The monoisotopic (exact) mass is 352 g/mol. The van der Waals surface area contributed by atoms with Crippen LogP contribution in [0, 0.1) is 5.92 Å². The molecule has 136 valence electrons. The van der Waals surface area contributed by atoms with Gasteiger partial charge in [-0.25, -0.2) is 0 Å². The van der Waals surface area contributed by atoms with Crippen LogP contribution in [0.1, 0.15) is 43.9 Å². The third-order valence-corrected chi connectivity index (χ3v) is 4.97. The molecule has 0 unspecified atom stereocenters. The number of benzene rings is 2. The molecule has 0 radical (unpaired) electrons. The van der Waals surface area contributed by atoms with Crippen molar-refractivity contribution in [3.8, 4) is 17.2 Å². The Balaban J connectivity index is 1.77. The van der Waals surface area contributed by atoms with E-state index in [4.69, 9.17) is 14.6 Å². The smallest absolute Gasteiger partial charge is 0.188 e. The number of methoxy groups -OCH3 is 1. The van der Waals surface area contributed by atoms with Gasteiger partial charge in [-0.05, 0) is 24.1 Å².